The van der Waals surface area contributed by atoms with E-state index in [0.717, 1.165) is 22.4 Å². The molecule has 0 bridgehead atoms. The van der Waals surface area contributed by atoms with Crippen molar-refractivity contribution in [1.82, 2.24) is 0 Å². The van der Waals surface area contributed by atoms with Crippen LogP contribution in [0.1, 0.15) is 75.3 Å². The van der Waals surface area contributed by atoms with E-state index in [1.165, 1.54) is 56.9 Å². The molecule has 0 N–H and O–H groups in total. The molecule has 1 fully saturated rings. The summed E-state index contributed by atoms with van der Waals surface area (Å²) >= 11 is 0. The van der Waals surface area contributed by atoms with Crippen LogP contribution in [0.2, 0.25) is 0 Å². The fourth-order valence-corrected chi connectivity index (χ4v) is 5.06. The molecular weight excluding hydrogens is 367 g/mol. The third kappa shape index (κ3) is 4.51. The van der Waals surface area contributed by atoms with E-state index in [0.29, 0.717) is 16.9 Å². The highest BCUT2D eigenvalue weighted by atomic mass is 19.1. The molecule has 1 aliphatic rings. The van der Waals surface area contributed by atoms with E-state index in [1.807, 2.05) is 30.3 Å². The topological polar surface area (TPSA) is 0 Å². The Morgan fingerprint density at radius 1 is 0.933 bits per heavy atom. The van der Waals surface area contributed by atoms with Gasteiger partial charge in [0.2, 0.25) is 0 Å². The molecule has 0 atom stereocenters. The van der Waals surface area contributed by atoms with Gasteiger partial charge in [0, 0.05) is 10.9 Å². The van der Waals surface area contributed by atoms with Crippen LogP contribution in [-0.4, -0.2) is 0 Å². The molecule has 0 amide bonds. The summed E-state index contributed by atoms with van der Waals surface area (Å²) in [7, 11) is 0. The number of rotatable bonds is 7. The molecule has 0 spiro atoms. The van der Waals surface area contributed by atoms with Crippen molar-refractivity contribution in [3.63, 3.8) is 0 Å². The quantitative estimate of drug-likeness (QED) is 0.347. The molecular formula is C29H33F. The Bertz CT molecular complexity index is 991. The fraction of sp³-hybridized carbons (Fsp3) is 0.379. The zero-order valence-electron chi connectivity index (χ0n) is 18.2. The molecule has 1 saturated carbocycles. The molecule has 1 aliphatic carbocycles. The van der Waals surface area contributed by atoms with E-state index in [2.05, 4.69) is 37.8 Å². The normalized spacial score (nSPS) is 19.1. The van der Waals surface area contributed by atoms with Gasteiger partial charge in [0.1, 0.15) is 5.82 Å². The molecule has 0 radical (unpaired) electrons. The van der Waals surface area contributed by atoms with Gasteiger partial charge in [-0.05, 0) is 65.7 Å². The molecule has 30 heavy (non-hydrogen) atoms. The van der Waals surface area contributed by atoms with Crippen molar-refractivity contribution in [3.8, 4) is 11.1 Å². The third-order valence-corrected chi connectivity index (χ3v) is 6.97. The molecule has 3 aromatic rings. The van der Waals surface area contributed by atoms with Crippen LogP contribution in [0, 0.1) is 11.7 Å². The Kier molecular flexibility index (Phi) is 6.67. The summed E-state index contributed by atoms with van der Waals surface area (Å²) in [5.41, 5.74) is 4.07. The molecule has 4 rings (SSSR count). The average Bonchev–Trinajstić information content (AvgIpc) is 2.80. The summed E-state index contributed by atoms with van der Waals surface area (Å²) in [6, 6.07) is 18.3. The van der Waals surface area contributed by atoms with Crippen LogP contribution in [0.5, 0.6) is 0 Å². The van der Waals surface area contributed by atoms with Gasteiger partial charge in [0.05, 0.1) is 0 Å². The molecule has 156 valence electrons. The second-order valence-corrected chi connectivity index (χ2v) is 8.95. The van der Waals surface area contributed by atoms with Crippen LogP contribution in [0.3, 0.4) is 0 Å². The maximum absolute atomic E-state index is 15.2. The van der Waals surface area contributed by atoms with Gasteiger partial charge < -0.3 is 0 Å². The minimum atomic E-state index is -0.136. The van der Waals surface area contributed by atoms with Gasteiger partial charge in [-0.3, -0.25) is 0 Å². The van der Waals surface area contributed by atoms with Gasteiger partial charge in [0.15, 0.2) is 0 Å². The summed E-state index contributed by atoms with van der Waals surface area (Å²) in [5.74, 6) is 1.46. The SMILES string of the molecule is C=Cc1ccc2c(F)c(-c3ccc(C4CCC(CCCCC)CC4)cc3)ccc2c1. The molecule has 1 heteroatoms. The second kappa shape index (κ2) is 9.60. The maximum atomic E-state index is 15.2. The van der Waals surface area contributed by atoms with Crippen molar-refractivity contribution < 1.29 is 4.39 Å². The van der Waals surface area contributed by atoms with Crippen molar-refractivity contribution in [2.45, 2.75) is 64.2 Å². The van der Waals surface area contributed by atoms with Gasteiger partial charge in [-0.25, -0.2) is 4.39 Å². The van der Waals surface area contributed by atoms with Crippen LogP contribution >= 0.6 is 0 Å². The Hall–Kier alpha value is -2.41. The van der Waals surface area contributed by atoms with Crippen LogP contribution in [0.15, 0.2) is 61.2 Å². The van der Waals surface area contributed by atoms with Gasteiger partial charge in [-0.2, -0.15) is 0 Å². The van der Waals surface area contributed by atoms with E-state index in [1.54, 1.807) is 6.08 Å². The lowest BCUT2D eigenvalue weighted by atomic mass is 9.77. The van der Waals surface area contributed by atoms with E-state index in [4.69, 9.17) is 0 Å². The highest BCUT2D eigenvalue weighted by molar-refractivity contribution is 5.89. The first kappa shape index (κ1) is 20.8. The van der Waals surface area contributed by atoms with Crippen LogP contribution in [-0.2, 0) is 0 Å². The van der Waals surface area contributed by atoms with Gasteiger partial charge in [-0.15, -0.1) is 0 Å². The molecule has 0 aliphatic heterocycles. The van der Waals surface area contributed by atoms with Crippen molar-refractivity contribution in [1.29, 1.82) is 0 Å². The van der Waals surface area contributed by atoms with Crippen LogP contribution in [0.4, 0.5) is 4.39 Å². The van der Waals surface area contributed by atoms with Crippen LogP contribution in [0.25, 0.3) is 28.0 Å². The summed E-state index contributed by atoms with van der Waals surface area (Å²) in [5, 5.41) is 1.59. The standard InChI is InChI=1S/C29H33F/c1-3-5-6-7-22-8-11-23(12-9-22)24-13-15-25(16-14-24)27-19-17-26-20-21(4-2)10-18-28(26)29(27)30/h4,10,13-20,22-23H,2-3,5-9,11-12H2,1H3. The van der Waals surface area contributed by atoms with Crippen molar-refractivity contribution in [2.24, 2.45) is 5.92 Å². The van der Waals surface area contributed by atoms with E-state index in [9.17, 15) is 0 Å². The number of halogens is 1. The fourth-order valence-electron chi connectivity index (χ4n) is 5.06. The van der Waals surface area contributed by atoms with E-state index >= 15 is 4.39 Å². The van der Waals surface area contributed by atoms with Crippen molar-refractivity contribution in [3.05, 3.63) is 78.1 Å². The number of hydrogen-bond acceptors (Lipinski definition) is 0. The van der Waals surface area contributed by atoms with Gasteiger partial charge in [-0.1, -0.05) is 93.8 Å². The average molecular weight is 401 g/mol. The molecule has 0 nitrogen and oxygen atoms in total. The van der Waals surface area contributed by atoms with Gasteiger partial charge in [0.25, 0.3) is 0 Å². The van der Waals surface area contributed by atoms with E-state index in [-0.39, 0.29) is 5.82 Å². The maximum Gasteiger partial charge on any atom is 0.138 e. The van der Waals surface area contributed by atoms with Crippen molar-refractivity contribution >= 4 is 16.8 Å². The monoisotopic (exact) mass is 400 g/mol. The molecule has 0 heterocycles. The molecule has 0 saturated heterocycles. The van der Waals surface area contributed by atoms with Crippen molar-refractivity contribution in [2.75, 3.05) is 0 Å². The third-order valence-electron chi connectivity index (χ3n) is 6.97. The first-order valence-corrected chi connectivity index (χ1v) is 11.6. The Balaban J connectivity index is 1.46. The first-order chi connectivity index (χ1) is 14.7. The Labute approximate surface area is 180 Å². The summed E-state index contributed by atoms with van der Waals surface area (Å²) in [6.45, 7) is 6.08. The second-order valence-electron chi connectivity index (χ2n) is 8.95. The minimum absolute atomic E-state index is 0.136. The summed E-state index contributed by atoms with van der Waals surface area (Å²) in [6.07, 6.45) is 12.6. The molecule has 0 unspecified atom stereocenters. The lowest BCUT2D eigenvalue weighted by Crippen LogP contribution is -2.13. The minimum Gasteiger partial charge on any atom is -0.206 e. The number of benzene rings is 3. The highest BCUT2D eigenvalue weighted by Crippen LogP contribution is 2.38. The van der Waals surface area contributed by atoms with Gasteiger partial charge >= 0.3 is 0 Å². The number of fused-ring (bicyclic) bond motifs is 1. The first-order valence-electron chi connectivity index (χ1n) is 11.6. The number of unbranched alkanes of at least 4 members (excludes halogenated alkanes) is 2. The lowest BCUT2D eigenvalue weighted by Gasteiger charge is -2.29. The Morgan fingerprint density at radius 3 is 2.40 bits per heavy atom. The largest absolute Gasteiger partial charge is 0.206 e. The lowest BCUT2D eigenvalue weighted by molar-refractivity contribution is 0.303. The summed E-state index contributed by atoms with van der Waals surface area (Å²) < 4.78 is 15.2. The Morgan fingerprint density at radius 2 is 1.70 bits per heavy atom. The predicted octanol–water partition coefficient (Wildman–Crippen LogP) is 9.14. The summed E-state index contributed by atoms with van der Waals surface area (Å²) in [4.78, 5) is 0. The smallest absolute Gasteiger partial charge is 0.138 e. The highest BCUT2D eigenvalue weighted by Gasteiger charge is 2.22. The zero-order chi connectivity index (χ0) is 20.9. The van der Waals surface area contributed by atoms with E-state index < -0.39 is 0 Å². The molecule has 3 aromatic carbocycles. The number of hydrogen-bond donors (Lipinski definition) is 0. The predicted molar refractivity (Wildman–Crippen MR) is 128 cm³/mol. The zero-order valence-corrected chi connectivity index (χ0v) is 18.2. The molecule has 0 aromatic heterocycles. The van der Waals surface area contributed by atoms with Crippen LogP contribution < -0.4 is 0 Å².